The summed E-state index contributed by atoms with van der Waals surface area (Å²) in [4.78, 5) is 12.8. The maximum Gasteiger partial charge on any atom is 0.310 e. The molecule has 0 heterocycles. The molecule has 4 heteroatoms. The van der Waals surface area contributed by atoms with E-state index in [0.29, 0.717) is 11.8 Å². The Labute approximate surface area is 206 Å². The SMILES string of the molecule is CC1(C)CC[C@@]2(C(=O)O)CC[C@@]3(C)C(=CCC4[C@]5(C)CC[C@@H](O)[C@](C)(CO)C5CC[C@@]43C)[C@H]2C1. The van der Waals surface area contributed by atoms with Crippen molar-refractivity contribution in [3.05, 3.63) is 11.6 Å². The number of hydrogen-bond donors (Lipinski definition) is 3. The molecule has 2 unspecified atom stereocenters. The molecular weight excluding hydrogens is 424 g/mol. The zero-order valence-corrected chi connectivity index (χ0v) is 22.4. The minimum atomic E-state index is -0.588. The van der Waals surface area contributed by atoms with Crippen molar-refractivity contribution in [2.45, 2.75) is 112 Å². The second-order valence-corrected chi connectivity index (χ2v) is 14.9. The maximum atomic E-state index is 12.8. The second-order valence-electron chi connectivity index (χ2n) is 14.9. The molecule has 0 spiro atoms. The van der Waals surface area contributed by atoms with E-state index in [-0.39, 0.29) is 34.2 Å². The van der Waals surface area contributed by atoms with E-state index in [9.17, 15) is 20.1 Å². The average Bonchev–Trinajstić information content (AvgIpc) is 2.76. The Kier molecular flexibility index (Phi) is 5.36. The van der Waals surface area contributed by atoms with E-state index in [1.165, 1.54) is 5.57 Å². The molecule has 4 nitrogen and oxygen atoms in total. The Morgan fingerprint density at radius 1 is 0.941 bits per heavy atom. The highest BCUT2D eigenvalue weighted by molar-refractivity contribution is 5.76. The zero-order chi connectivity index (χ0) is 24.9. The summed E-state index contributed by atoms with van der Waals surface area (Å²) in [5.41, 5.74) is 0.858. The molecule has 9 atom stereocenters. The van der Waals surface area contributed by atoms with Crippen LogP contribution in [0.1, 0.15) is 106 Å². The molecule has 0 saturated heterocycles. The van der Waals surface area contributed by atoms with Crippen LogP contribution in [-0.4, -0.2) is 34.0 Å². The van der Waals surface area contributed by atoms with Gasteiger partial charge in [0, 0.05) is 5.41 Å². The number of carboxylic acid groups (broad SMARTS) is 1. The van der Waals surface area contributed by atoms with Crippen LogP contribution in [0.5, 0.6) is 0 Å². The van der Waals surface area contributed by atoms with Crippen LogP contribution in [0.15, 0.2) is 11.6 Å². The summed E-state index contributed by atoms with van der Waals surface area (Å²) in [6, 6.07) is 0. The van der Waals surface area contributed by atoms with Crippen molar-refractivity contribution < 1.29 is 20.1 Å². The topological polar surface area (TPSA) is 77.8 Å². The van der Waals surface area contributed by atoms with Crippen LogP contribution in [-0.2, 0) is 4.79 Å². The molecule has 0 aliphatic heterocycles. The molecule has 0 aromatic rings. The fourth-order valence-electron chi connectivity index (χ4n) is 10.7. The number of allylic oxidation sites excluding steroid dienone is 2. The minimum absolute atomic E-state index is 0.0204. The van der Waals surface area contributed by atoms with Crippen LogP contribution in [0.25, 0.3) is 0 Å². The fraction of sp³-hybridized carbons (Fsp3) is 0.900. The van der Waals surface area contributed by atoms with Gasteiger partial charge in [-0.1, -0.05) is 53.2 Å². The maximum absolute atomic E-state index is 12.8. The van der Waals surface area contributed by atoms with Crippen LogP contribution < -0.4 is 0 Å². The Morgan fingerprint density at radius 2 is 1.62 bits per heavy atom. The predicted molar refractivity (Wildman–Crippen MR) is 134 cm³/mol. The number of fused-ring (bicyclic) bond motifs is 7. The van der Waals surface area contributed by atoms with Gasteiger partial charge in [0.2, 0.25) is 0 Å². The second kappa shape index (κ2) is 7.34. The lowest BCUT2D eigenvalue weighted by molar-refractivity contribution is -0.216. The fourth-order valence-corrected chi connectivity index (χ4v) is 10.7. The van der Waals surface area contributed by atoms with Gasteiger partial charge in [-0.2, -0.15) is 0 Å². The van der Waals surface area contributed by atoms with Crippen LogP contribution in [0.2, 0.25) is 0 Å². The van der Waals surface area contributed by atoms with E-state index in [4.69, 9.17) is 0 Å². The number of aliphatic carboxylic acids is 1. The number of carbonyl (C=O) groups is 1. The highest BCUT2D eigenvalue weighted by Crippen LogP contribution is 2.75. The largest absolute Gasteiger partial charge is 0.481 e. The quantitative estimate of drug-likeness (QED) is 0.418. The van der Waals surface area contributed by atoms with Crippen molar-refractivity contribution in [1.82, 2.24) is 0 Å². The minimum Gasteiger partial charge on any atom is -0.481 e. The number of aliphatic hydroxyl groups excluding tert-OH is 2. The van der Waals surface area contributed by atoms with Crippen molar-refractivity contribution in [2.24, 2.45) is 50.2 Å². The summed E-state index contributed by atoms with van der Waals surface area (Å²) in [5, 5.41) is 31.8. The van der Waals surface area contributed by atoms with Gasteiger partial charge in [-0.05, 0) is 104 Å². The van der Waals surface area contributed by atoms with E-state index in [0.717, 1.165) is 64.2 Å². The van der Waals surface area contributed by atoms with Crippen molar-refractivity contribution in [2.75, 3.05) is 6.61 Å². The van der Waals surface area contributed by atoms with Crippen LogP contribution in [0, 0.1) is 50.2 Å². The smallest absolute Gasteiger partial charge is 0.310 e. The molecule has 0 bridgehead atoms. The zero-order valence-electron chi connectivity index (χ0n) is 22.4. The van der Waals surface area contributed by atoms with Gasteiger partial charge in [-0.25, -0.2) is 0 Å². The van der Waals surface area contributed by atoms with Gasteiger partial charge < -0.3 is 15.3 Å². The highest BCUT2D eigenvalue weighted by atomic mass is 16.4. The molecule has 5 aliphatic rings. The van der Waals surface area contributed by atoms with Gasteiger partial charge in [0.25, 0.3) is 0 Å². The van der Waals surface area contributed by atoms with Gasteiger partial charge in [0.1, 0.15) is 0 Å². The van der Waals surface area contributed by atoms with Gasteiger partial charge in [-0.15, -0.1) is 0 Å². The molecule has 4 saturated carbocycles. The number of hydrogen-bond acceptors (Lipinski definition) is 3. The third-order valence-electron chi connectivity index (χ3n) is 13.2. The van der Waals surface area contributed by atoms with Crippen molar-refractivity contribution in [1.29, 1.82) is 0 Å². The molecule has 3 N–H and O–H groups in total. The van der Waals surface area contributed by atoms with Gasteiger partial charge in [-0.3, -0.25) is 4.79 Å². The first-order chi connectivity index (χ1) is 15.7. The van der Waals surface area contributed by atoms with Crippen LogP contribution in [0.3, 0.4) is 0 Å². The molecule has 192 valence electrons. The first kappa shape index (κ1) is 24.8. The lowest BCUT2D eigenvalue weighted by Crippen LogP contribution is -2.65. The molecule has 0 radical (unpaired) electrons. The van der Waals surface area contributed by atoms with E-state index in [2.05, 4.69) is 47.6 Å². The molecule has 5 rings (SSSR count). The Morgan fingerprint density at radius 3 is 2.26 bits per heavy atom. The van der Waals surface area contributed by atoms with E-state index in [1.54, 1.807) is 0 Å². The standard InChI is InChI=1S/C30H48O4/c1-25(2)13-15-30(24(33)34)16-14-28(5)19(20(30)17-25)7-8-22-26(3)11-10-23(32)27(4,18-31)21(26)9-12-29(22,28)6/h7,20-23,31-32H,8-18H2,1-6H3,(H,33,34)/t20-,21?,22?,23-,26-,27-,28+,29+,30-/m1/s1. The summed E-state index contributed by atoms with van der Waals surface area (Å²) in [7, 11) is 0. The monoisotopic (exact) mass is 472 g/mol. The molecule has 0 aromatic carbocycles. The lowest BCUT2D eigenvalue weighted by atomic mass is 9.33. The Hall–Kier alpha value is -0.870. The van der Waals surface area contributed by atoms with Gasteiger partial charge >= 0.3 is 5.97 Å². The number of rotatable bonds is 2. The average molecular weight is 473 g/mol. The molecular formula is C30H48O4. The lowest BCUT2D eigenvalue weighted by Gasteiger charge is -2.71. The first-order valence-electron chi connectivity index (χ1n) is 13.9. The third kappa shape index (κ3) is 2.88. The van der Waals surface area contributed by atoms with Crippen LogP contribution in [0.4, 0.5) is 0 Å². The highest BCUT2D eigenvalue weighted by Gasteiger charge is 2.69. The van der Waals surface area contributed by atoms with Crippen molar-refractivity contribution in [3.8, 4) is 0 Å². The van der Waals surface area contributed by atoms with Gasteiger partial charge in [0.05, 0.1) is 18.1 Å². The first-order valence-corrected chi connectivity index (χ1v) is 13.9. The molecule has 5 aliphatic carbocycles. The summed E-state index contributed by atoms with van der Waals surface area (Å²) >= 11 is 0. The molecule has 4 fully saturated rings. The van der Waals surface area contributed by atoms with E-state index in [1.807, 2.05) is 0 Å². The van der Waals surface area contributed by atoms with Crippen molar-refractivity contribution in [3.63, 3.8) is 0 Å². The van der Waals surface area contributed by atoms with Crippen molar-refractivity contribution >= 4 is 5.97 Å². The van der Waals surface area contributed by atoms with Gasteiger partial charge in [0.15, 0.2) is 0 Å². The molecule has 34 heavy (non-hydrogen) atoms. The Balaban J connectivity index is 1.60. The van der Waals surface area contributed by atoms with E-state index >= 15 is 0 Å². The normalized spacial score (nSPS) is 54.1. The predicted octanol–water partition coefficient (Wildman–Crippen LogP) is 6.21. The van der Waals surface area contributed by atoms with E-state index < -0.39 is 22.9 Å². The third-order valence-corrected chi connectivity index (χ3v) is 13.2. The summed E-state index contributed by atoms with van der Waals surface area (Å²) in [6.07, 6.45) is 11.6. The van der Waals surface area contributed by atoms with Crippen LogP contribution >= 0.6 is 0 Å². The molecule has 0 aromatic heterocycles. The summed E-state index contributed by atoms with van der Waals surface area (Å²) < 4.78 is 0. The molecule has 0 amide bonds. The number of carboxylic acids is 1. The number of aliphatic hydroxyl groups is 2. The summed E-state index contributed by atoms with van der Waals surface area (Å²) in [5.74, 6) is 0.395. The Bertz CT molecular complexity index is 907. The summed E-state index contributed by atoms with van der Waals surface area (Å²) in [6.45, 7) is 14.3.